The van der Waals surface area contributed by atoms with E-state index in [2.05, 4.69) is 10.6 Å². The molecule has 2 aromatic rings. The van der Waals surface area contributed by atoms with E-state index in [0.29, 0.717) is 5.69 Å². The number of nitrogens with two attached hydrogens (primary N) is 1. The van der Waals surface area contributed by atoms with Crippen molar-refractivity contribution in [2.24, 2.45) is 5.73 Å². The topological polar surface area (TPSA) is 67.2 Å². The van der Waals surface area contributed by atoms with Crippen LogP contribution in [-0.4, -0.2) is 12.1 Å². The third-order valence-corrected chi connectivity index (χ3v) is 3.00. The molecule has 0 saturated heterocycles. The maximum absolute atomic E-state index is 12.9. The lowest BCUT2D eigenvalue weighted by Gasteiger charge is -2.16. The van der Waals surface area contributed by atoms with Gasteiger partial charge in [0.1, 0.15) is 5.82 Å². The molecule has 5 heteroatoms. The summed E-state index contributed by atoms with van der Waals surface area (Å²) in [6.45, 7) is 2.04. The molecule has 0 heterocycles. The average Bonchev–Trinajstić information content (AvgIpc) is 2.41. The molecular formula is C16H18FN3O. The molecule has 4 nitrogen and oxygen atoms in total. The number of hydrogen-bond acceptors (Lipinski definition) is 2. The highest BCUT2D eigenvalue weighted by Gasteiger charge is 2.05. The van der Waals surface area contributed by atoms with E-state index in [1.165, 1.54) is 12.1 Å². The van der Waals surface area contributed by atoms with E-state index in [4.69, 9.17) is 5.73 Å². The molecule has 0 radical (unpaired) electrons. The highest BCUT2D eigenvalue weighted by Crippen LogP contribution is 2.17. The molecule has 0 fully saturated rings. The molecule has 4 N–H and O–H groups in total. The van der Waals surface area contributed by atoms with Gasteiger partial charge in [-0.1, -0.05) is 18.2 Å². The number of hydrogen-bond donors (Lipinski definition) is 3. The minimum absolute atomic E-state index is 0.166. The molecule has 0 aliphatic rings. The Hall–Kier alpha value is -2.56. The van der Waals surface area contributed by atoms with Crippen molar-refractivity contribution in [1.82, 2.24) is 0 Å². The zero-order valence-electron chi connectivity index (χ0n) is 11.8. The Morgan fingerprint density at radius 3 is 2.52 bits per heavy atom. The lowest BCUT2D eigenvalue weighted by molar-refractivity contribution is 0.259. The number of nitrogens with one attached hydrogen (secondary N) is 2. The van der Waals surface area contributed by atoms with Crippen molar-refractivity contribution < 1.29 is 9.18 Å². The highest BCUT2D eigenvalue weighted by molar-refractivity contribution is 5.88. The fourth-order valence-electron chi connectivity index (χ4n) is 2.14. The maximum Gasteiger partial charge on any atom is 0.316 e. The fraction of sp³-hybridized carbons (Fsp3) is 0.188. The number of carbonyl (C=O) groups is 1. The van der Waals surface area contributed by atoms with E-state index in [1.54, 1.807) is 18.2 Å². The average molecular weight is 287 g/mol. The zero-order chi connectivity index (χ0) is 15.2. The van der Waals surface area contributed by atoms with Crippen LogP contribution >= 0.6 is 0 Å². The van der Waals surface area contributed by atoms with Gasteiger partial charge in [0.15, 0.2) is 0 Å². The van der Waals surface area contributed by atoms with E-state index in [1.807, 2.05) is 25.1 Å². The van der Waals surface area contributed by atoms with Crippen molar-refractivity contribution >= 4 is 17.4 Å². The Morgan fingerprint density at radius 1 is 1.19 bits per heavy atom. The Kier molecular flexibility index (Phi) is 4.77. The molecule has 1 unspecified atom stereocenters. The molecule has 1 atom stereocenters. The number of halogens is 1. The monoisotopic (exact) mass is 287 g/mol. The number of urea groups is 1. The molecule has 0 aliphatic carbocycles. The van der Waals surface area contributed by atoms with Crippen LogP contribution in [0, 0.1) is 5.82 Å². The van der Waals surface area contributed by atoms with E-state index in [-0.39, 0.29) is 11.9 Å². The van der Waals surface area contributed by atoms with Crippen LogP contribution in [-0.2, 0) is 6.42 Å². The lowest BCUT2D eigenvalue weighted by atomic mass is 10.1. The quantitative estimate of drug-likeness (QED) is 0.789. The van der Waals surface area contributed by atoms with Crippen LogP contribution in [0.4, 0.5) is 20.6 Å². The first-order chi connectivity index (χ1) is 10.0. The lowest BCUT2D eigenvalue weighted by Crippen LogP contribution is -2.20. The molecular weight excluding hydrogens is 269 g/mol. The fourth-order valence-corrected chi connectivity index (χ4v) is 2.14. The molecule has 0 bridgehead atoms. The van der Waals surface area contributed by atoms with E-state index in [0.717, 1.165) is 17.7 Å². The number of amides is 2. The zero-order valence-corrected chi connectivity index (χ0v) is 11.8. The molecule has 110 valence electrons. The Bertz CT molecular complexity index is 613. The molecule has 2 rings (SSSR count). The third kappa shape index (κ3) is 4.80. The smallest absolute Gasteiger partial charge is 0.316 e. The van der Waals surface area contributed by atoms with Gasteiger partial charge in [0.05, 0.1) is 0 Å². The highest BCUT2D eigenvalue weighted by atomic mass is 19.1. The minimum atomic E-state index is -0.591. The first kappa shape index (κ1) is 14.8. The van der Waals surface area contributed by atoms with Crippen LogP contribution in [0.25, 0.3) is 0 Å². The summed E-state index contributed by atoms with van der Waals surface area (Å²) in [5, 5.41) is 5.86. The van der Waals surface area contributed by atoms with Crippen molar-refractivity contribution in [3.05, 3.63) is 59.9 Å². The summed E-state index contributed by atoms with van der Waals surface area (Å²) in [7, 11) is 0. The SMILES string of the molecule is CC(Cc1ccc(F)cc1)Nc1cccc(NC(N)=O)c1. The summed E-state index contributed by atoms with van der Waals surface area (Å²) in [6.07, 6.45) is 0.772. The first-order valence-electron chi connectivity index (χ1n) is 6.70. The molecule has 2 aromatic carbocycles. The van der Waals surface area contributed by atoms with Gasteiger partial charge in [0.25, 0.3) is 0 Å². The predicted molar refractivity (Wildman–Crippen MR) is 82.8 cm³/mol. The number of anilines is 2. The molecule has 21 heavy (non-hydrogen) atoms. The largest absolute Gasteiger partial charge is 0.382 e. The predicted octanol–water partition coefficient (Wildman–Crippen LogP) is 3.36. The van der Waals surface area contributed by atoms with Crippen molar-refractivity contribution in [2.45, 2.75) is 19.4 Å². The van der Waals surface area contributed by atoms with Crippen molar-refractivity contribution in [2.75, 3.05) is 10.6 Å². The van der Waals surface area contributed by atoms with Gasteiger partial charge in [-0.05, 0) is 49.2 Å². The molecule has 0 aromatic heterocycles. The van der Waals surface area contributed by atoms with Gasteiger partial charge in [-0.25, -0.2) is 9.18 Å². The number of benzene rings is 2. The van der Waals surface area contributed by atoms with E-state index < -0.39 is 6.03 Å². The van der Waals surface area contributed by atoms with E-state index >= 15 is 0 Å². The van der Waals surface area contributed by atoms with Gasteiger partial charge in [0.2, 0.25) is 0 Å². The standard InChI is InChI=1S/C16H18FN3O/c1-11(9-12-5-7-13(17)8-6-12)19-14-3-2-4-15(10-14)20-16(18)21/h2-8,10-11,19H,9H2,1H3,(H3,18,20,21). The van der Waals surface area contributed by atoms with Gasteiger partial charge in [-0.15, -0.1) is 0 Å². The molecule has 0 aliphatic heterocycles. The van der Waals surface area contributed by atoms with Crippen molar-refractivity contribution in [3.8, 4) is 0 Å². The maximum atomic E-state index is 12.9. The Morgan fingerprint density at radius 2 is 1.86 bits per heavy atom. The number of rotatable bonds is 5. The summed E-state index contributed by atoms with van der Waals surface area (Å²) < 4.78 is 12.9. The summed E-state index contributed by atoms with van der Waals surface area (Å²) in [5.74, 6) is -0.232. The Labute approximate surface area is 123 Å². The first-order valence-corrected chi connectivity index (χ1v) is 6.70. The van der Waals surface area contributed by atoms with Gasteiger partial charge < -0.3 is 16.4 Å². The van der Waals surface area contributed by atoms with Gasteiger partial charge in [-0.2, -0.15) is 0 Å². The number of primary amides is 1. The van der Waals surface area contributed by atoms with Crippen LogP contribution in [0.2, 0.25) is 0 Å². The summed E-state index contributed by atoms with van der Waals surface area (Å²) in [4.78, 5) is 10.8. The molecule has 0 spiro atoms. The van der Waals surface area contributed by atoms with Gasteiger partial charge >= 0.3 is 6.03 Å². The third-order valence-electron chi connectivity index (χ3n) is 3.00. The minimum Gasteiger partial charge on any atom is -0.382 e. The van der Waals surface area contributed by atoms with Crippen LogP contribution in [0.1, 0.15) is 12.5 Å². The normalized spacial score (nSPS) is 11.7. The van der Waals surface area contributed by atoms with Gasteiger partial charge in [0, 0.05) is 17.4 Å². The van der Waals surface area contributed by atoms with Crippen LogP contribution in [0.5, 0.6) is 0 Å². The second kappa shape index (κ2) is 6.74. The van der Waals surface area contributed by atoms with Gasteiger partial charge in [-0.3, -0.25) is 0 Å². The van der Waals surface area contributed by atoms with Crippen LogP contribution in [0.15, 0.2) is 48.5 Å². The van der Waals surface area contributed by atoms with E-state index in [9.17, 15) is 9.18 Å². The molecule has 0 saturated carbocycles. The summed E-state index contributed by atoms with van der Waals surface area (Å²) in [6, 6.07) is 13.4. The van der Waals surface area contributed by atoms with Crippen molar-refractivity contribution in [3.63, 3.8) is 0 Å². The summed E-state index contributed by atoms with van der Waals surface area (Å²) in [5.41, 5.74) is 7.67. The van der Waals surface area contributed by atoms with Crippen molar-refractivity contribution in [1.29, 1.82) is 0 Å². The van der Waals surface area contributed by atoms with Crippen LogP contribution < -0.4 is 16.4 Å². The number of carbonyl (C=O) groups excluding carboxylic acids is 1. The second-order valence-corrected chi connectivity index (χ2v) is 4.95. The Balaban J connectivity index is 1.97. The summed E-state index contributed by atoms with van der Waals surface area (Å²) >= 11 is 0. The molecule has 2 amide bonds. The van der Waals surface area contributed by atoms with Crippen LogP contribution in [0.3, 0.4) is 0 Å². The second-order valence-electron chi connectivity index (χ2n) is 4.95.